The number of esters is 1. The molecule has 2 bridgehead atoms. The van der Waals surface area contributed by atoms with Gasteiger partial charge in [0.15, 0.2) is 5.82 Å². The van der Waals surface area contributed by atoms with Gasteiger partial charge in [0, 0.05) is 17.8 Å². The van der Waals surface area contributed by atoms with Gasteiger partial charge >= 0.3 is 5.97 Å². The smallest absolute Gasteiger partial charge is 0.311 e. The van der Waals surface area contributed by atoms with Gasteiger partial charge in [0.05, 0.1) is 12.5 Å². The molecule has 3 fully saturated rings. The number of fused-ring (bicyclic) bond motifs is 4. The Labute approximate surface area is 160 Å². The van der Waals surface area contributed by atoms with Crippen LogP contribution in [0.2, 0.25) is 5.28 Å². The molecule has 0 spiro atoms. The zero-order valence-corrected chi connectivity index (χ0v) is 15.6. The minimum Gasteiger partial charge on any atom is -0.466 e. The van der Waals surface area contributed by atoms with Crippen molar-refractivity contribution >= 4 is 28.9 Å². The predicted molar refractivity (Wildman–Crippen MR) is 95.9 cm³/mol. The van der Waals surface area contributed by atoms with Crippen molar-refractivity contribution in [3.63, 3.8) is 0 Å². The van der Waals surface area contributed by atoms with Crippen molar-refractivity contribution < 1.29 is 18.3 Å². The molecule has 0 saturated heterocycles. The van der Waals surface area contributed by atoms with E-state index in [0.717, 1.165) is 25.7 Å². The molecule has 2 atom stereocenters. The second-order valence-electron chi connectivity index (χ2n) is 7.26. The van der Waals surface area contributed by atoms with E-state index in [1.807, 2.05) is 0 Å². The average molecular weight is 399 g/mol. The predicted octanol–water partition coefficient (Wildman–Crippen LogP) is 4.10. The zero-order chi connectivity index (χ0) is 19.1. The molecule has 5 rings (SSSR count). The van der Waals surface area contributed by atoms with Crippen LogP contribution in [0.25, 0.3) is 5.52 Å². The Morgan fingerprint density at radius 1 is 1.37 bits per heavy atom. The summed E-state index contributed by atoms with van der Waals surface area (Å²) in [4.78, 5) is 16.8. The Kier molecular flexibility index (Phi) is 4.92. The standard InChI is InChI=1S/C18H21ClF2N4O2/c1-2-27-17(26)13-9-3-5-10(6-4-9)14(13)22-16-12-7-11(15(20)21)8-25(12)24-18(19)23-16/h7-10,13-15H,2-6H2,1H3,(H,22,23,24). The van der Waals surface area contributed by atoms with Gasteiger partial charge in [0.2, 0.25) is 5.28 Å². The van der Waals surface area contributed by atoms with Crippen molar-refractivity contribution in [2.75, 3.05) is 11.9 Å². The number of carbonyl (C=O) groups is 1. The molecule has 2 aromatic rings. The van der Waals surface area contributed by atoms with Gasteiger partial charge in [-0.05, 0) is 62.1 Å². The molecule has 146 valence electrons. The van der Waals surface area contributed by atoms with E-state index >= 15 is 0 Å². The number of alkyl halides is 2. The number of hydrogen-bond acceptors (Lipinski definition) is 5. The minimum atomic E-state index is -2.61. The molecule has 2 aromatic heterocycles. The van der Waals surface area contributed by atoms with Gasteiger partial charge in [0.25, 0.3) is 6.43 Å². The highest BCUT2D eigenvalue weighted by Crippen LogP contribution is 2.47. The van der Waals surface area contributed by atoms with Crippen LogP contribution < -0.4 is 5.32 Å². The molecule has 0 radical (unpaired) electrons. The maximum absolute atomic E-state index is 13.1. The molecule has 9 heteroatoms. The third-order valence-electron chi connectivity index (χ3n) is 5.79. The third kappa shape index (κ3) is 3.35. The van der Waals surface area contributed by atoms with E-state index in [4.69, 9.17) is 16.3 Å². The van der Waals surface area contributed by atoms with Crippen molar-refractivity contribution in [1.82, 2.24) is 14.6 Å². The molecule has 0 aliphatic heterocycles. The number of anilines is 1. The molecule has 0 amide bonds. The first-order valence-electron chi connectivity index (χ1n) is 9.25. The van der Waals surface area contributed by atoms with E-state index < -0.39 is 6.43 Å². The summed E-state index contributed by atoms with van der Waals surface area (Å²) in [6.07, 6.45) is 2.69. The lowest BCUT2D eigenvalue weighted by Gasteiger charge is -2.47. The first-order valence-corrected chi connectivity index (χ1v) is 9.63. The van der Waals surface area contributed by atoms with E-state index in [1.54, 1.807) is 6.92 Å². The Balaban J connectivity index is 1.70. The van der Waals surface area contributed by atoms with Crippen LogP contribution in [0.15, 0.2) is 12.3 Å². The van der Waals surface area contributed by atoms with Crippen LogP contribution in [-0.2, 0) is 9.53 Å². The second kappa shape index (κ2) is 7.22. The van der Waals surface area contributed by atoms with E-state index in [0.29, 0.717) is 23.9 Å². The van der Waals surface area contributed by atoms with Gasteiger partial charge in [0.1, 0.15) is 5.52 Å². The van der Waals surface area contributed by atoms with Crippen LogP contribution in [0.3, 0.4) is 0 Å². The number of hydrogen-bond donors (Lipinski definition) is 1. The summed E-state index contributed by atoms with van der Waals surface area (Å²) in [6, 6.07) is 1.19. The minimum absolute atomic E-state index is 0.0462. The molecule has 2 unspecified atom stereocenters. The molecule has 27 heavy (non-hydrogen) atoms. The van der Waals surface area contributed by atoms with Gasteiger partial charge < -0.3 is 10.1 Å². The summed E-state index contributed by atoms with van der Waals surface area (Å²) in [7, 11) is 0. The highest BCUT2D eigenvalue weighted by Gasteiger charge is 2.48. The van der Waals surface area contributed by atoms with Gasteiger partial charge in [-0.3, -0.25) is 4.79 Å². The molecule has 6 nitrogen and oxygen atoms in total. The van der Waals surface area contributed by atoms with Crippen molar-refractivity contribution in [2.45, 2.75) is 45.1 Å². The fourth-order valence-electron chi connectivity index (χ4n) is 4.61. The van der Waals surface area contributed by atoms with Crippen molar-refractivity contribution in [3.05, 3.63) is 23.1 Å². The average Bonchev–Trinajstić information content (AvgIpc) is 3.07. The van der Waals surface area contributed by atoms with Crippen molar-refractivity contribution in [2.24, 2.45) is 17.8 Å². The maximum Gasteiger partial charge on any atom is 0.311 e. The van der Waals surface area contributed by atoms with Crippen LogP contribution in [0, 0.1) is 17.8 Å². The van der Waals surface area contributed by atoms with Crippen LogP contribution in [0.5, 0.6) is 0 Å². The SMILES string of the molecule is CCOC(=O)C1C2CCC(CC2)C1Nc1nc(Cl)nn2cc(C(F)F)cc12. The Morgan fingerprint density at radius 2 is 2.07 bits per heavy atom. The molecule has 3 aliphatic carbocycles. The highest BCUT2D eigenvalue weighted by atomic mass is 35.5. The summed E-state index contributed by atoms with van der Waals surface area (Å²) in [5, 5.41) is 7.26. The number of nitrogens with one attached hydrogen (secondary N) is 1. The van der Waals surface area contributed by atoms with Gasteiger partial charge in [-0.1, -0.05) is 0 Å². The van der Waals surface area contributed by atoms with Crippen LogP contribution in [-0.4, -0.2) is 33.2 Å². The summed E-state index contributed by atoms with van der Waals surface area (Å²) in [5.41, 5.74) is 0.264. The molecular weight excluding hydrogens is 378 g/mol. The van der Waals surface area contributed by atoms with E-state index in [9.17, 15) is 13.6 Å². The number of halogens is 3. The molecular formula is C18H21ClF2N4O2. The molecule has 3 saturated carbocycles. The van der Waals surface area contributed by atoms with Crippen LogP contribution in [0.1, 0.15) is 44.6 Å². The van der Waals surface area contributed by atoms with Gasteiger partial charge in [-0.25, -0.2) is 13.3 Å². The first-order chi connectivity index (χ1) is 13.0. The number of rotatable bonds is 5. The summed E-state index contributed by atoms with van der Waals surface area (Å²) < 4.78 is 32.8. The molecule has 1 N–H and O–H groups in total. The van der Waals surface area contributed by atoms with E-state index in [2.05, 4.69) is 15.4 Å². The lowest BCUT2D eigenvalue weighted by atomic mass is 9.61. The third-order valence-corrected chi connectivity index (χ3v) is 5.95. The number of ether oxygens (including phenoxy) is 1. The van der Waals surface area contributed by atoms with E-state index in [-0.39, 0.29) is 34.7 Å². The quantitative estimate of drug-likeness (QED) is 0.768. The van der Waals surface area contributed by atoms with Gasteiger partial charge in [-0.2, -0.15) is 4.98 Å². The van der Waals surface area contributed by atoms with E-state index in [1.165, 1.54) is 16.8 Å². The monoisotopic (exact) mass is 398 g/mol. The molecule has 0 aromatic carbocycles. The summed E-state index contributed by atoms with van der Waals surface area (Å²) in [6.45, 7) is 2.13. The van der Waals surface area contributed by atoms with Crippen LogP contribution >= 0.6 is 11.6 Å². The number of nitrogens with zero attached hydrogens (tertiary/aromatic N) is 3. The fourth-order valence-corrected chi connectivity index (χ4v) is 4.78. The normalized spacial score (nSPS) is 27.3. The Bertz CT molecular complexity index is 851. The molecule has 2 heterocycles. The Morgan fingerprint density at radius 3 is 2.74 bits per heavy atom. The van der Waals surface area contributed by atoms with Gasteiger partial charge in [-0.15, -0.1) is 5.10 Å². The fraction of sp³-hybridized carbons (Fsp3) is 0.611. The summed E-state index contributed by atoms with van der Waals surface area (Å²) in [5.74, 6) is 0.472. The van der Waals surface area contributed by atoms with Crippen LogP contribution in [0.4, 0.5) is 14.6 Å². The van der Waals surface area contributed by atoms with Crippen molar-refractivity contribution in [3.8, 4) is 0 Å². The number of carbonyl (C=O) groups excluding carboxylic acids is 1. The Hall–Kier alpha value is -1.96. The lowest BCUT2D eigenvalue weighted by molar-refractivity contribution is -0.154. The molecule has 3 aliphatic rings. The largest absolute Gasteiger partial charge is 0.466 e. The summed E-state index contributed by atoms with van der Waals surface area (Å²) >= 11 is 6.00. The topological polar surface area (TPSA) is 68.5 Å². The highest BCUT2D eigenvalue weighted by molar-refractivity contribution is 6.28. The maximum atomic E-state index is 13.1. The first kappa shape index (κ1) is 18.4. The zero-order valence-electron chi connectivity index (χ0n) is 14.9. The van der Waals surface area contributed by atoms with Crippen molar-refractivity contribution in [1.29, 1.82) is 0 Å². The lowest BCUT2D eigenvalue weighted by Crippen LogP contribution is -2.52. The number of aromatic nitrogens is 3. The second-order valence-corrected chi connectivity index (χ2v) is 7.59.